The number of amides is 1. The second-order valence-corrected chi connectivity index (χ2v) is 5.49. The van der Waals surface area contributed by atoms with Crippen LogP contribution in [0.5, 0.6) is 0 Å². The molecule has 2 rings (SSSR count). The quantitative estimate of drug-likeness (QED) is 0.818. The number of aryl methyl sites for hydroxylation is 1. The molecular weight excluding hydrogens is 258 g/mol. The highest BCUT2D eigenvalue weighted by atomic mass is 32.1. The number of nitrogens with two attached hydrogens (primary N) is 2. The molecule has 1 fully saturated rings. The second kappa shape index (κ2) is 5.57. The molecule has 4 N–H and O–H groups in total. The van der Waals surface area contributed by atoms with Crippen molar-refractivity contribution in [2.24, 2.45) is 17.4 Å². The van der Waals surface area contributed by atoms with Crippen molar-refractivity contribution in [1.29, 1.82) is 0 Å². The number of nitrogens with zero attached hydrogens (tertiary/aromatic N) is 1. The number of rotatable bonds is 3. The van der Waals surface area contributed by atoms with Gasteiger partial charge in [0.15, 0.2) is 0 Å². The highest BCUT2D eigenvalue weighted by Crippen LogP contribution is 2.27. The number of carbonyl (C=O) groups is 1. The fourth-order valence-electron chi connectivity index (χ4n) is 2.53. The fourth-order valence-corrected chi connectivity index (χ4v) is 2.69. The fraction of sp³-hybridized carbons (Fsp3) is 0.429. The third kappa shape index (κ3) is 3.04. The third-order valence-corrected chi connectivity index (χ3v) is 3.88. The molecule has 0 saturated carbocycles. The summed E-state index contributed by atoms with van der Waals surface area (Å²) in [5.74, 6) is -0.201. The van der Waals surface area contributed by atoms with E-state index in [9.17, 15) is 4.79 Å². The Morgan fingerprint density at radius 1 is 1.32 bits per heavy atom. The van der Waals surface area contributed by atoms with Gasteiger partial charge in [-0.2, -0.15) is 0 Å². The Bertz CT molecular complexity index is 507. The highest BCUT2D eigenvalue weighted by molar-refractivity contribution is 7.80. The molecule has 102 valence electrons. The second-order valence-electron chi connectivity index (χ2n) is 5.05. The summed E-state index contributed by atoms with van der Waals surface area (Å²) in [5.41, 5.74) is 14.3. The Morgan fingerprint density at radius 2 is 1.95 bits per heavy atom. The Hall–Kier alpha value is -1.62. The summed E-state index contributed by atoms with van der Waals surface area (Å²) < 4.78 is 0. The largest absolute Gasteiger partial charge is 0.389 e. The Kier molecular flexibility index (Phi) is 4.04. The number of benzene rings is 1. The summed E-state index contributed by atoms with van der Waals surface area (Å²) in [7, 11) is 0. The van der Waals surface area contributed by atoms with Crippen LogP contribution in [0.25, 0.3) is 0 Å². The van der Waals surface area contributed by atoms with E-state index in [1.54, 1.807) is 0 Å². The first kappa shape index (κ1) is 13.8. The predicted molar refractivity (Wildman–Crippen MR) is 81.2 cm³/mol. The van der Waals surface area contributed by atoms with Crippen LogP contribution in [-0.2, 0) is 4.79 Å². The van der Waals surface area contributed by atoms with Gasteiger partial charge in [-0.3, -0.25) is 4.79 Å². The molecule has 0 bridgehead atoms. The van der Waals surface area contributed by atoms with Crippen molar-refractivity contribution >= 4 is 28.8 Å². The predicted octanol–water partition coefficient (Wildman–Crippen LogP) is 1.33. The third-order valence-electron chi connectivity index (χ3n) is 3.66. The first-order valence-electron chi connectivity index (χ1n) is 6.43. The average Bonchev–Trinajstić information content (AvgIpc) is 2.38. The smallest absolute Gasteiger partial charge is 0.220 e. The van der Waals surface area contributed by atoms with Crippen molar-refractivity contribution in [2.75, 3.05) is 18.0 Å². The molecule has 0 aliphatic carbocycles. The van der Waals surface area contributed by atoms with Gasteiger partial charge in [0.2, 0.25) is 5.91 Å². The lowest BCUT2D eigenvalue weighted by molar-refractivity contribution is -0.122. The van der Waals surface area contributed by atoms with Crippen LogP contribution in [0.4, 0.5) is 5.69 Å². The molecule has 1 aromatic carbocycles. The summed E-state index contributed by atoms with van der Waals surface area (Å²) in [6.45, 7) is 3.64. The monoisotopic (exact) mass is 277 g/mol. The van der Waals surface area contributed by atoms with Crippen molar-refractivity contribution in [3.63, 3.8) is 0 Å². The molecule has 0 unspecified atom stereocenters. The van der Waals surface area contributed by atoms with Gasteiger partial charge in [0.25, 0.3) is 0 Å². The molecule has 0 aromatic heterocycles. The van der Waals surface area contributed by atoms with Crippen LogP contribution in [0.2, 0.25) is 0 Å². The van der Waals surface area contributed by atoms with Gasteiger partial charge in [0.05, 0.1) is 0 Å². The minimum Gasteiger partial charge on any atom is -0.389 e. The van der Waals surface area contributed by atoms with Gasteiger partial charge < -0.3 is 16.4 Å². The van der Waals surface area contributed by atoms with Gasteiger partial charge in [-0.05, 0) is 31.9 Å². The molecule has 0 radical (unpaired) electrons. The van der Waals surface area contributed by atoms with Crippen molar-refractivity contribution in [3.05, 3.63) is 29.3 Å². The number of anilines is 1. The SMILES string of the molecule is Cc1ccc(N2CCC(C(N)=O)CC2)c(C(N)=S)c1. The van der Waals surface area contributed by atoms with Crippen molar-refractivity contribution in [3.8, 4) is 0 Å². The van der Waals surface area contributed by atoms with Crippen LogP contribution in [-0.4, -0.2) is 24.0 Å². The van der Waals surface area contributed by atoms with Gasteiger partial charge in [-0.15, -0.1) is 0 Å². The van der Waals surface area contributed by atoms with Crippen molar-refractivity contribution < 1.29 is 4.79 Å². The first-order chi connectivity index (χ1) is 8.99. The van der Waals surface area contributed by atoms with Crippen LogP contribution >= 0.6 is 12.2 Å². The van der Waals surface area contributed by atoms with Gasteiger partial charge in [0, 0.05) is 30.3 Å². The number of primary amides is 1. The molecule has 1 heterocycles. The zero-order valence-corrected chi connectivity index (χ0v) is 11.9. The van der Waals surface area contributed by atoms with Crippen LogP contribution < -0.4 is 16.4 Å². The first-order valence-corrected chi connectivity index (χ1v) is 6.84. The molecule has 1 aliphatic heterocycles. The van der Waals surface area contributed by atoms with Gasteiger partial charge >= 0.3 is 0 Å². The lowest BCUT2D eigenvalue weighted by atomic mass is 9.95. The maximum absolute atomic E-state index is 11.2. The van der Waals surface area contributed by atoms with Crippen LogP contribution in [0.15, 0.2) is 18.2 Å². The van der Waals surface area contributed by atoms with E-state index >= 15 is 0 Å². The van der Waals surface area contributed by atoms with E-state index in [1.807, 2.05) is 13.0 Å². The molecule has 4 nitrogen and oxygen atoms in total. The van der Waals surface area contributed by atoms with Crippen LogP contribution in [0.3, 0.4) is 0 Å². The molecule has 5 heteroatoms. The normalized spacial score (nSPS) is 16.4. The summed E-state index contributed by atoms with van der Waals surface area (Å²) in [4.78, 5) is 13.8. The minimum atomic E-state index is -0.196. The van der Waals surface area contributed by atoms with E-state index in [1.165, 1.54) is 0 Å². The van der Waals surface area contributed by atoms with Gasteiger partial charge in [-0.25, -0.2) is 0 Å². The van der Waals surface area contributed by atoms with E-state index in [0.717, 1.165) is 42.7 Å². The van der Waals surface area contributed by atoms with Gasteiger partial charge in [0.1, 0.15) is 4.99 Å². The van der Waals surface area contributed by atoms with Crippen LogP contribution in [0.1, 0.15) is 24.0 Å². The Balaban J connectivity index is 2.20. The maximum Gasteiger partial charge on any atom is 0.220 e. The van der Waals surface area contributed by atoms with E-state index in [4.69, 9.17) is 23.7 Å². The molecule has 19 heavy (non-hydrogen) atoms. The molecule has 1 saturated heterocycles. The number of hydrogen-bond donors (Lipinski definition) is 2. The molecule has 0 atom stereocenters. The van der Waals surface area contributed by atoms with E-state index < -0.39 is 0 Å². The zero-order valence-electron chi connectivity index (χ0n) is 11.1. The number of carbonyl (C=O) groups excluding carboxylic acids is 1. The Morgan fingerprint density at radius 3 is 2.47 bits per heavy atom. The summed E-state index contributed by atoms with van der Waals surface area (Å²) >= 11 is 5.12. The lowest BCUT2D eigenvalue weighted by Crippen LogP contribution is -2.39. The highest BCUT2D eigenvalue weighted by Gasteiger charge is 2.24. The van der Waals surface area contributed by atoms with E-state index in [-0.39, 0.29) is 11.8 Å². The van der Waals surface area contributed by atoms with E-state index in [2.05, 4.69) is 17.0 Å². The molecule has 1 aromatic rings. The Labute approximate surface area is 118 Å². The summed E-state index contributed by atoms with van der Waals surface area (Å²) in [6.07, 6.45) is 1.58. The van der Waals surface area contributed by atoms with Gasteiger partial charge in [-0.1, -0.05) is 23.8 Å². The molecule has 1 aliphatic rings. The number of thiocarbonyl (C=S) groups is 1. The van der Waals surface area contributed by atoms with Crippen LogP contribution in [0, 0.1) is 12.8 Å². The molecule has 0 spiro atoms. The average molecular weight is 277 g/mol. The lowest BCUT2D eigenvalue weighted by Gasteiger charge is -2.33. The molecular formula is C14H19N3OS. The summed E-state index contributed by atoms with van der Waals surface area (Å²) in [5, 5.41) is 0. The summed E-state index contributed by atoms with van der Waals surface area (Å²) in [6, 6.07) is 6.11. The topological polar surface area (TPSA) is 72.3 Å². The number of piperidine rings is 1. The zero-order chi connectivity index (χ0) is 14.0. The van der Waals surface area contributed by atoms with E-state index in [0.29, 0.717) is 4.99 Å². The minimum absolute atomic E-state index is 0.00465. The van der Waals surface area contributed by atoms with Crippen molar-refractivity contribution in [1.82, 2.24) is 0 Å². The standard InChI is InChI=1S/C14H19N3OS/c1-9-2-3-12(11(8-9)14(16)19)17-6-4-10(5-7-17)13(15)18/h2-3,8,10H,4-7H2,1H3,(H2,15,18)(H2,16,19). The maximum atomic E-state index is 11.2. The number of hydrogen-bond acceptors (Lipinski definition) is 3. The molecule has 1 amide bonds. The van der Waals surface area contributed by atoms with Crippen molar-refractivity contribution in [2.45, 2.75) is 19.8 Å².